The lowest BCUT2D eigenvalue weighted by molar-refractivity contribution is 0.0621. The van der Waals surface area contributed by atoms with Crippen LogP contribution in [0.3, 0.4) is 0 Å². The van der Waals surface area contributed by atoms with Crippen molar-refractivity contribution in [2.75, 3.05) is 47.0 Å². The molecule has 1 fully saturated rings. The van der Waals surface area contributed by atoms with Gasteiger partial charge in [-0.15, -0.1) is 0 Å². The van der Waals surface area contributed by atoms with Crippen molar-refractivity contribution in [1.82, 2.24) is 19.4 Å². The zero-order valence-corrected chi connectivity index (χ0v) is 15.4. The minimum absolute atomic E-state index is 0.0345. The first kappa shape index (κ1) is 18.4. The van der Waals surface area contributed by atoms with Crippen LogP contribution in [0.15, 0.2) is 36.8 Å². The van der Waals surface area contributed by atoms with Gasteiger partial charge in [-0.05, 0) is 12.1 Å². The number of para-hydroxylation sites is 1. The smallest absolute Gasteiger partial charge is 0.257 e. The summed E-state index contributed by atoms with van der Waals surface area (Å²) in [5, 5.41) is 0. The molecule has 0 radical (unpaired) electrons. The predicted octanol–water partition coefficient (Wildman–Crippen LogP) is 1.50. The average molecular weight is 358 g/mol. The maximum atomic E-state index is 12.8. The fraction of sp³-hybridized carbons (Fsp3) is 0.474. The molecule has 2 aromatic rings. The van der Waals surface area contributed by atoms with E-state index in [-0.39, 0.29) is 5.91 Å². The number of hydrogen-bond acceptors (Lipinski definition) is 5. The molecule has 1 amide bonds. The number of imidazole rings is 1. The third-order valence-corrected chi connectivity index (χ3v) is 4.72. The van der Waals surface area contributed by atoms with Gasteiger partial charge in [-0.2, -0.15) is 0 Å². The third kappa shape index (κ3) is 4.23. The molecule has 1 aliphatic rings. The van der Waals surface area contributed by atoms with Gasteiger partial charge in [-0.25, -0.2) is 4.98 Å². The molecule has 0 N–H and O–H groups in total. The van der Waals surface area contributed by atoms with Crippen LogP contribution in [0, 0.1) is 0 Å². The van der Waals surface area contributed by atoms with Crippen LogP contribution in [-0.4, -0.2) is 72.3 Å². The van der Waals surface area contributed by atoms with Gasteiger partial charge in [-0.1, -0.05) is 12.1 Å². The van der Waals surface area contributed by atoms with E-state index in [1.54, 1.807) is 14.2 Å². The molecule has 1 aromatic heterocycles. The summed E-state index contributed by atoms with van der Waals surface area (Å²) in [7, 11) is 3.30. The number of amides is 1. The third-order valence-electron chi connectivity index (χ3n) is 4.72. The SMILES string of the molecule is COCCn1cncc1CN1CCN(C(=O)c2ccccc2OC)CC1. The van der Waals surface area contributed by atoms with Crippen LogP contribution in [0.2, 0.25) is 0 Å². The summed E-state index contributed by atoms with van der Waals surface area (Å²) in [5.74, 6) is 0.661. The van der Waals surface area contributed by atoms with Crippen LogP contribution in [0.25, 0.3) is 0 Å². The zero-order valence-electron chi connectivity index (χ0n) is 15.4. The van der Waals surface area contributed by atoms with E-state index in [1.807, 2.05) is 41.7 Å². The molecular formula is C19H26N4O3. The van der Waals surface area contributed by atoms with E-state index in [0.29, 0.717) is 31.0 Å². The Bertz CT molecular complexity index is 723. The minimum Gasteiger partial charge on any atom is -0.496 e. The first-order chi connectivity index (χ1) is 12.7. The average Bonchev–Trinajstić information content (AvgIpc) is 3.13. The van der Waals surface area contributed by atoms with Crippen LogP contribution in [0.5, 0.6) is 5.75 Å². The van der Waals surface area contributed by atoms with E-state index in [0.717, 1.165) is 26.2 Å². The summed E-state index contributed by atoms with van der Waals surface area (Å²) in [6.07, 6.45) is 3.75. The minimum atomic E-state index is 0.0345. The number of benzene rings is 1. The number of hydrogen-bond donors (Lipinski definition) is 0. The fourth-order valence-electron chi connectivity index (χ4n) is 3.20. The molecule has 0 aliphatic carbocycles. The Kier molecular flexibility index (Phi) is 6.25. The molecule has 2 heterocycles. The van der Waals surface area contributed by atoms with Gasteiger partial charge in [0.05, 0.1) is 31.3 Å². The van der Waals surface area contributed by atoms with Crippen molar-refractivity contribution in [2.24, 2.45) is 0 Å². The normalized spacial score (nSPS) is 15.2. The number of nitrogens with zero attached hydrogens (tertiary/aromatic N) is 4. The molecular weight excluding hydrogens is 332 g/mol. The highest BCUT2D eigenvalue weighted by Gasteiger charge is 2.24. The summed E-state index contributed by atoms with van der Waals surface area (Å²) in [6, 6.07) is 7.39. The van der Waals surface area contributed by atoms with Gasteiger partial charge in [0.1, 0.15) is 5.75 Å². The van der Waals surface area contributed by atoms with E-state index in [1.165, 1.54) is 5.69 Å². The monoisotopic (exact) mass is 358 g/mol. The number of piperazine rings is 1. The summed E-state index contributed by atoms with van der Waals surface area (Å²) in [4.78, 5) is 21.3. The van der Waals surface area contributed by atoms with Gasteiger partial charge in [-0.3, -0.25) is 9.69 Å². The summed E-state index contributed by atoms with van der Waals surface area (Å²) in [5.41, 5.74) is 1.80. The van der Waals surface area contributed by atoms with Crippen LogP contribution < -0.4 is 4.74 Å². The Morgan fingerprint density at radius 3 is 2.65 bits per heavy atom. The standard InChI is InChI=1S/C19H26N4O3/c1-25-12-11-23-15-20-13-16(23)14-21-7-9-22(10-8-21)19(24)17-5-3-4-6-18(17)26-2/h3-6,13,15H,7-12,14H2,1-2H3. The first-order valence-corrected chi connectivity index (χ1v) is 8.85. The van der Waals surface area contributed by atoms with E-state index >= 15 is 0 Å². The lowest BCUT2D eigenvalue weighted by Crippen LogP contribution is -2.48. The number of rotatable bonds is 7. The van der Waals surface area contributed by atoms with Crippen molar-refractivity contribution >= 4 is 5.91 Å². The maximum Gasteiger partial charge on any atom is 0.257 e. The molecule has 7 heteroatoms. The highest BCUT2D eigenvalue weighted by atomic mass is 16.5. The molecule has 0 atom stereocenters. The van der Waals surface area contributed by atoms with Gasteiger partial charge in [0.15, 0.2) is 0 Å². The topological polar surface area (TPSA) is 59.8 Å². The lowest BCUT2D eigenvalue weighted by Gasteiger charge is -2.35. The summed E-state index contributed by atoms with van der Waals surface area (Å²) < 4.78 is 12.6. The highest BCUT2D eigenvalue weighted by Crippen LogP contribution is 2.20. The Balaban J connectivity index is 1.56. The summed E-state index contributed by atoms with van der Waals surface area (Å²) >= 11 is 0. The number of aromatic nitrogens is 2. The zero-order chi connectivity index (χ0) is 18.4. The molecule has 0 spiro atoms. The number of methoxy groups -OCH3 is 2. The van der Waals surface area contributed by atoms with Crippen molar-refractivity contribution < 1.29 is 14.3 Å². The second-order valence-corrected chi connectivity index (χ2v) is 6.34. The molecule has 0 bridgehead atoms. The molecule has 0 unspecified atom stereocenters. The number of ether oxygens (including phenoxy) is 2. The molecule has 1 aromatic carbocycles. The molecule has 26 heavy (non-hydrogen) atoms. The Labute approximate surface area is 154 Å². The lowest BCUT2D eigenvalue weighted by atomic mass is 10.1. The Morgan fingerprint density at radius 2 is 1.92 bits per heavy atom. The van der Waals surface area contributed by atoms with Crippen molar-refractivity contribution in [3.63, 3.8) is 0 Å². The van der Waals surface area contributed by atoms with Gasteiger partial charge in [0.2, 0.25) is 0 Å². The van der Waals surface area contributed by atoms with E-state index in [4.69, 9.17) is 9.47 Å². The maximum absolute atomic E-state index is 12.8. The van der Waals surface area contributed by atoms with Crippen LogP contribution in [-0.2, 0) is 17.8 Å². The largest absolute Gasteiger partial charge is 0.496 e. The van der Waals surface area contributed by atoms with E-state index in [9.17, 15) is 4.79 Å². The molecule has 1 aliphatic heterocycles. The van der Waals surface area contributed by atoms with Gasteiger partial charge in [0.25, 0.3) is 5.91 Å². The Hall–Kier alpha value is -2.38. The van der Waals surface area contributed by atoms with Gasteiger partial charge < -0.3 is 18.9 Å². The summed E-state index contributed by atoms with van der Waals surface area (Å²) in [6.45, 7) is 5.42. The van der Waals surface area contributed by atoms with Crippen LogP contribution in [0.1, 0.15) is 16.1 Å². The number of carbonyl (C=O) groups is 1. The molecule has 3 rings (SSSR count). The molecule has 0 saturated carbocycles. The van der Waals surface area contributed by atoms with Gasteiger partial charge >= 0.3 is 0 Å². The molecule has 140 valence electrons. The number of carbonyl (C=O) groups excluding carboxylic acids is 1. The first-order valence-electron chi connectivity index (χ1n) is 8.85. The fourth-order valence-corrected chi connectivity index (χ4v) is 3.20. The second kappa shape index (κ2) is 8.82. The Morgan fingerprint density at radius 1 is 1.15 bits per heavy atom. The van der Waals surface area contributed by atoms with Crippen molar-refractivity contribution in [1.29, 1.82) is 0 Å². The van der Waals surface area contributed by atoms with E-state index in [2.05, 4.69) is 14.5 Å². The van der Waals surface area contributed by atoms with Crippen molar-refractivity contribution in [3.8, 4) is 5.75 Å². The predicted molar refractivity (Wildman–Crippen MR) is 98.3 cm³/mol. The van der Waals surface area contributed by atoms with Crippen molar-refractivity contribution in [2.45, 2.75) is 13.1 Å². The van der Waals surface area contributed by atoms with Crippen molar-refractivity contribution in [3.05, 3.63) is 48.0 Å². The second-order valence-electron chi connectivity index (χ2n) is 6.34. The quantitative estimate of drug-likeness (QED) is 0.751. The molecule has 7 nitrogen and oxygen atoms in total. The van der Waals surface area contributed by atoms with Crippen LogP contribution >= 0.6 is 0 Å². The van der Waals surface area contributed by atoms with Crippen LogP contribution in [0.4, 0.5) is 0 Å². The highest BCUT2D eigenvalue weighted by molar-refractivity contribution is 5.97. The van der Waals surface area contributed by atoms with Gasteiger partial charge in [0, 0.05) is 52.6 Å². The van der Waals surface area contributed by atoms with E-state index < -0.39 is 0 Å². The molecule has 1 saturated heterocycles.